The van der Waals surface area contributed by atoms with Crippen molar-refractivity contribution in [2.75, 3.05) is 26.4 Å². The van der Waals surface area contributed by atoms with E-state index in [1.165, 1.54) is 0 Å². The molecular formula is C24H38O19. The van der Waals surface area contributed by atoms with Crippen molar-refractivity contribution >= 4 is 0 Å². The number of rotatable bonds is 8. The summed E-state index contributed by atoms with van der Waals surface area (Å²) < 4.78 is 50.5. The molecule has 0 amide bonds. The van der Waals surface area contributed by atoms with Crippen molar-refractivity contribution in [2.24, 2.45) is 0 Å². The van der Waals surface area contributed by atoms with Gasteiger partial charge in [-0.1, -0.05) is 0 Å². The van der Waals surface area contributed by atoms with Gasteiger partial charge in [0.2, 0.25) is 0 Å². The van der Waals surface area contributed by atoms with Gasteiger partial charge < -0.3 is 93.7 Å². The monoisotopic (exact) mass is 630 g/mol. The van der Waals surface area contributed by atoms with E-state index in [4.69, 9.17) is 42.6 Å². The van der Waals surface area contributed by atoms with Crippen LogP contribution in [0.15, 0.2) is 0 Å². The Labute approximate surface area is 243 Å². The molecule has 6 heterocycles. The van der Waals surface area contributed by atoms with Crippen LogP contribution in [0.1, 0.15) is 0 Å². The average Bonchev–Trinajstić information content (AvgIpc) is 3.48. The van der Waals surface area contributed by atoms with Gasteiger partial charge in [-0.2, -0.15) is 0 Å². The lowest BCUT2D eigenvalue weighted by molar-refractivity contribution is -0.372. The molecule has 0 aliphatic carbocycles. The molecule has 6 aliphatic heterocycles. The van der Waals surface area contributed by atoms with Crippen LogP contribution in [0.5, 0.6) is 0 Å². The molecule has 19 nitrogen and oxygen atoms in total. The van der Waals surface area contributed by atoms with Crippen LogP contribution < -0.4 is 0 Å². The Hall–Kier alpha value is -0.760. The highest BCUT2D eigenvalue weighted by Crippen LogP contribution is 2.38. The Morgan fingerprint density at radius 1 is 0.465 bits per heavy atom. The second kappa shape index (κ2) is 12.8. The highest BCUT2D eigenvalue weighted by Gasteiger charge is 2.58. The van der Waals surface area contributed by atoms with Crippen LogP contribution in [-0.4, -0.2) is 200 Å². The minimum Gasteiger partial charge on any atom is -0.394 e. The van der Waals surface area contributed by atoms with E-state index in [9.17, 15) is 51.1 Å². The molecule has 6 saturated heterocycles. The number of hydrogen-bond donors (Lipinski definition) is 10. The third-order valence-corrected chi connectivity index (χ3v) is 8.70. The van der Waals surface area contributed by atoms with Gasteiger partial charge in [0, 0.05) is 0 Å². The lowest BCUT2D eigenvalue weighted by Gasteiger charge is -2.47. The van der Waals surface area contributed by atoms with Gasteiger partial charge in [-0.25, -0.2) is 0 Å². The molecule has 248 valence electrons. The fourth-order valence-corrected chi connectivity index (χ4v) is 6.28. The molecule has 6 fully saturated rings. The maximum atomic E-state index is 11.1. The summed E-state index contributed by atoms with van der Waals surface area (Å²) in [6, 6.07) is 0. The molecule has 19 heteroatoms. The summed E-state index contributed by atoms with van der Waals surface area (Å²) in [5.41, 5.74) is 0. The fourth-order valence-electron chi connectivity index (χ4n) is 6.28. The van der Waals surface area contributed by atoms with Gasteiger partial charge in [-0.3, -0.25) is 0 Å². The topological polar surface area (TPSA) is 285 Å². The minimum absolute atomic E-state index is 0.0184. The molecule has 20 atom stereocenters. The van der Waals surface area contributed by atoms with E-state index in [0.29, 0.717) is 0 Å². The quantitative estimate of drug-likeness (QED) is 0.119. The van der Waals surface area contributed by atoms with Crippen molar-refractivity contribution in [3.63, 3.8) is 0 Å². The van der Waals surface area contributed by atoms with Crippen molar-refractivity contribution in [2.45, 2.75) is 123 Å². The Morgan fingerprint density at radius 2 is 0.953 bits per heavy atom. The van der Waals surface area contributed by atoms with Gasteiger partial charge in [0.1, 0.15) is 97.7 Å². The van der Waals surface area contributed by atoms with Crippen LogP contribution in [0.25, 0.3) is 0 Å². The number of hydrogen-bond acceptors (Lipinski definition) is 19. The van der Waals surface area contributed by atoms with Crippen molar-refractivity contribution in [1.29, 1.82) is 0 Å². The van der Waals surface area contributed by atoms with Crippen LogP contribution >= 0.6 is 0 Å². The third kappa shape index (κ3) is 5.73. The smallest absolute Gasteiger partial charge is 0.187 e. The zero-order chi connectivity index (χ0) is 30.7. The molecule has 6 rings (SSSR count). The molecule has 0 aromatic carbocycles. The normalized spacial score (nSPS) is 56.8. The Morgan fingerprint density at radius 3 is 1.56 bits per heavy atom. The summed E-state index contributed by atoms with van der Waals surface area (Å²) in [5, 5.41) is 103. The minimum atomic E-state index is -1.72. The van der Waals surface area contributed by atoms with Crippen LogP contribution in [-0.2, 0) is 42.6 Å². The molecule has 1 unspecified atom stereocenters. The van der Waals surface area contributed by atoms with E-state index in [0.717, 1.165) is 0 Å². The zero-order valence-electron chi connectivity index (χ0n) is 22.5. The summed E-state index contributed by atoms with van der Waals surface area (Å²) in [7, 11) is 0. The van der Waals surface area contributed by atoms with E-state index in [1.807, 2.05) is 0 Å². The summed E-state index contributed by atoms with van der Waals surface area (Å²) in [5.74, 6) is 0. The predicted molar refractivity (Wildman–Crippen MR) is 127 cm³/mol. The molecule has 0 aromatic rings. The van der Waals surface area contributed by atoms with E-state index < -0.39 is 136 Å². The van der Waals surface area contributed by atoms with Gasteiger partial charge >= 0.3 is 0 Å². The molecule has 43 heavy (non-hydrogen) atoms. The average molecular weight is 631 g/mol. The lowest BCUT2D eigenvalue weighted by Crippen LogP contribution is -2.65. The Balaban J connectivity index is 1.12. The second-order valence-electron chi connectivity index (χ2n) is 11.4. The first-order valence-corrected chi connectivity index (χ1v) is 14.0. The second-order valence-corrected chi connectivity index (χ2v) is 11.4. The molecule has 0 spiro atoms. The zero-order valence-corrected chi connectivity index (χ0v) is 22.5. The maximum Gasteiger partial charge on any atom is 0.187 e. The summed E-state index contributed by atoms with van der Waals surface area (Å²) >= 11 is 0. The van der Waals surface area contributed by atoms with Crippen LogP contribution in [0, 0.1) is 0 Å². The van der Waals surface area contributed by atoms with Gasteiger partial charge in [-0.05, 0) is 0 Å². The standard InChI is InChI=1S/C24H38O19/c25-1-5-9(27)11(29)12(30)22(38-5)41-17-8-4-36-20(17)15(33)24(40-8)43-18-10(28)6(2-26)39-23(14(18)32)42-16-7-3-35-19(16)13(31)21(34)37-7/h5-34H,1-4H2/t5-,6-,7+,8+,9+,10+,11+,12-,13+,14-,15+,16-,17-,18+,19+,20+,21?,22+,23+,24+/m1/s1. The van der Waals surface area contributed by atoms with Gasteiger partial charge in [-0.15, -0.1) is 0 Å². The molecule has 0 aromatic heterocycles. The molecule has 0 saturated carbocycles. The molecule has 6 aliphatic rings. The fraction of sp³-hybridized carbons (Fsp3) is 1.00. The van der Waals surface area contributed by atoms with E-state index >= 15 is 0 Å². The summed E-state index contributed by atoms with van der Waals surface area (Å²) in [4.78, 5) is 0. The number of aliphatic hydroxyl groups excluding tert-OH is 10. The highest BCUT2D eigenvalue weighted by molar-refractivity contribution is 5.01. The van der Waals surface area contributed by atoms with E-state index in [-0.39, 0.29) is 13.2 Å². The Bertz CT molecular complexity index is 944. The van der Waals surface area contributed by atoms with Gasteiger partial charge in [0.05, 0.1) is 26.4 Å². The third-order valence-electron chi connectivity index (χ3n) is 8.70. The SMILES string of the molecule is OC[C@H]1O[C@@H](O[C@H]2[C@H]3OC[C@@H]2O[C@@H](O[C@H]2[C@@H](O)[C@@H](CO)O[C@@H](O[C@H]4[C@H]5OC[C@@H]4OC(O)[C@H]5O)[C@@H]2O)[C@H]3O)[C@H](O)[C@@H](O)[C@H]1O. The largest absolute Gasteiger partial charge is 0.394 e. The van der Waals surface area contributed by atoms with Crippen molar-refractivity contribution < 1.29 is 93.7 Å². The van der Waals surface area contributed by atoms with Gasteiger partial charge in [0.25, 0.3) is 0 Å². The predicted octanol–water partition coefficient (Wildman–Crippen LogP) is -7.66. The molecule has 4 bridgehead atoms. The molecular weight excluding hydrogens is 592 g/mol. The van der Waals surface area contributed by atoms with Gasteiger partial charge in [0.15, 0.2) is 25.2 Å². The lowest BCUT2D eigenvalue weighted by atomic mass is 9.96. The Kier molecular flexibility index (Phi) is 9.58. The van der Waals surface area contributed by atoms with E-state index in [1.54, 1.807) is 0 Å². The van der Waals surface area contributed by atoms with Crippen molar-refractivity contribution in [1.82, 2.24) is 0 Å². The first-order valence-electron chi connectivity index (χ1n) is 14.0. The van der Waals surface area contributed by atoms with Crippen LogP contribution in [0.3, 0.4) is 0 Å². The summed E-state index contributed by atoms with van der Waals surface area (Å²) in [6.07, 6.45) is -27.5. The first-order chi connectivity index (χ1) is 20.5. The highest BCUT2D eigenvalue weighted by atomic mass is 16.8. The number of ether oxygens (including phenoxy) is 9. The number of aliphatic hydroxyl groups is 10. The van der Waals surface area contributed by atoms with Crippen molar-refractivity contribution in [3.05, 3.63) is 0 Å². The van der Waals surface area contributed by atoms with Crippen LogP contribution in [0.4, 0.5) is 0 Å². The summed E-state index contributed by atoms with van der Waals surface area (Å²) in [6.45, 7) is -1.51. The molecule has 10 N–H and O–H groups in total. The first kappa shape index (κ1) is 32.2. The number of fused-ring (bicyclic) bond motifs is 4. The maximum absolute atomic E-state index is 11.1. The van der Waals surface area contributed by atoms with Crippen molar-refractivity contribution in [3.8, 4) is 0 Å². The van der Waals surface area contributed by atoms with E-state index in [2.05, 4.69) is 0 Å². The van der Waals surface area contributed by atoms with Crippen LogP contribution in [0.2, 0.25) is 0 Å². The molecule has 0 radical (unpaired) electrons.